The molecule has 222 valence electrons. The summed E-state index contributed by atoms with van der Waals surface area (Å²) in [7, 11) is -3.71. The van der Waals surface area contributed by atoms with E-state index in [1.807, 2.05) is 54.6 Å². The maximum absolute atomic E-state index is 12.7. The van der Waals surface area contributed by atoms with Crippen LogP contribution < -0.4 is 19.5 Å². The van der Waals surface area contributed by atoms with Crippen molar-refractivity contribution in [3.63, 3.8) is 0 Å². The summed E-state index contributed by atoms with van der Waals surface area (Å²) in [6.07, 6.45) is 6.66. The SMILES string of the molecule is CS(=O)(=O)NC(=O)c1ccc(-c2ccc(OCCNC[C@@H](O)c3ccccc3)cc2)cc1OC1CCCCCC1.Cl. The molecule has 1 aliphatic rings. The molecule has 0 radical (unpaired) electrons. The van der Waals surface area contributed by atoms with E-state index in [0.29, 0.717) is 31.2 Å². The monoisotopic (exact) mass is 602 g/mol. The molecule has 0 aromatic heterocycles. The summed E-state index contributed by atoms with van der Waals surface area (Å²) in [5, 5.41) is 13.4. The van der Waals surface area contributed by atoms with Crippen LogP contribution in [0.3, 0.4) is 0 Å². The van der Waals surface area contributed by atoms with Crippen LogP contribution in [0, 0.1) is 0 Å². The molecule has 4 rings (SSSR count). The molecule has 0 saturated heterocycles. The largest absolute Gasteiger partial charge is 0.492 e. The summed E-state index contributed by atoms with van der Waals surface area (Å²) in [5.74, 6) is 0.397. The number of sulfonamides is 1. The van der Waals surface area contributed by atoms with Crippen molar-refractivity contribution in [2.24, 2.45) is 0 Å². The number of halogens is 1. The number of nitrogens with one attached hydrogen (secondary N) is 2. The van der Waals surface area contributed by atoms with Gasteiger partial charge in [-0.15, -0.1) is 12.4 Å². The lowest BCUT2D eigenvalue weighted by molar-refractivity contribution is 0.0973. The normalized spacial score (nSPS) is 14.8. The van der Waals surface area contributed by atoms with E-state index in [9.17, 15) is 18.3 Å². The molecule has 1 saturated carbocycles. The predicted molar refractivity (Wildman–Crippen MR) is 163 cm³/mol. The lowest BCUT2D eigenvalue weighted by Crippen LogP contribution is -2.30. The Morgan fingerprint density at radius 1 is 0.951 bits per heavy atom. The Bertz CT molecular complexity index is 1340. The smallest absolute Gasteiger partial charge is 0.268 e. The minimum atomic E-state index is -3.71. The van der Waals surface area contributed by atoms with Crippen molar-refractivity contribution in [1.29, 1.82) is 0 Å². The van der Waals surface area contributed by atoms with Crippen molar-refractivity contribution in [2.75, 3.05) is 26.0 Å². The highest BCUT2D eigenvalue weighted by molar-refractivity contribution is 7.89. The number of rotatable bonds is 12. The first-order valence-electron chi connectivity index (χ1n) is 13.8. The van der Waals surface area contributed by atoms with Gasteiger partial charge in [-0.05, 0) is 66.6 Å². The van der Waals surface area contributed by atoms with Gasteiger partial charge in [-0.25, -0.2) is 13.1 Å². The van der Waals surface area contributed by atoms with Crippen molar-refractivity contribution in [3.8, 4) is 22.6 Å². The quantitative estimate of drug-likeness (QED) is 0.191. The van der Waals surface area contributed by atoms with Gasteiger partial charge in [0.15, 0.2) is 0 Å². The maximum atomic E-state index is 12.7. The molecular formula is C31H39ClN2O6S. The van der Waals surface area contributed by atoms with Crippen molar-refractivity contribution < 1.29 is 27.8 Å². The van der Waals surface area contributed by atoms with Crippen LogP contribution in [0.1, 0.15) is 60.6 Å². The van der Waals surface area contributed by atoms with Crippen LogP contribution in [-0.2, 0) is 10.0 Å². The van der Waals surface area contributed by atoms with Gasteiger partial charge in [-0.1, -0.05) is 61.4 Å². The minimum absolute atomic E-state index is 0. The summed E-state index contributed by atoms with van der Waals surface area (Å²) < 4.78 is 37.6. The average Bonchev–Trinajstić information content (AvgIpc) is 3.21. The van der Waals surface area contributed by atoms with E-state index in [-0.39, 0.29) is 24.1 Å². The van der Waals surface area contributed by atoms with E-state index < -0.39 is 22.0 Å². The van der Waals surface area contributed by atoms with E-state index in [4.69, 9.17) is 9.47 Å². The number of carbonyl (C=O) groups excluding carboxylic acids is 1. The fourth-order valence-electron chi connectivity index (χ4n) is 4.77. The Labute approximate surface area is 248 Å². The molecule has 8 nitrogen and oxygen atoms in total. The third kappa shape index (κ3) is 10.3. The van der Waals surface area contributed by atoms with Gasteiger partial charge in [-0.3, -0.25) is 4.79 Å². The topological polar surface area (TPSA) is 114 Å². The van der Waals surface area contributed by atoms with Crippen LogP contribution in [0.5, 0.6) is 11.5 Å². The Hall–Kier alpha value is -3.11. The van der Waals surface area contributed by atoms with Crippen molar-refractivity contribution >= 4 is 28.3 Å². The van der Waals surface area contributed by atoms with E-state index in [2.05, 4.69) is 10.0 Å². The summed E-state index contributed by atoms with van der Waals surface area (Å²) in [4.78, 5) is 12.7. The van der Waals surface area contributed by atoms with Gasteiger partial charge in [0.1, 0.15) is 18.1 Å². The number of hydrogen-bond acceptors (Lipinski definition) is 7. The minimum Gasteiger partial charge on any atom is -0.492 e. The second-order valence-electron chi connectivity index (χ2n) is 10.1. The molecule has 0 spiro atoms. The highest BCUT2D eigenvalue weighted by Crippen LogP contribution is 2.31. The Balaban J connectivity index is 0.00000462. The molecular weight excluding hydrogens is 564 g/mol. The first kappa shape index (κ1) is 32.4. The number of benzene rings is 3. The molecule has 1 atom stereocenters. The van der Waals surface area contributed by atoms with Crippen molar-refractivity contribution in [2.45, 2.75) is 50.7 Å². The van der Waals surface area contributed by atoms with Gasteiger partial charge in [0.25, 0.3) is 5.91 Å². The van der Waals surface area contributed by atoms with E-state index in [1.54, 1.807) is 18.2 Å². The van der Waals surface area contributed by atoms with Crippen LogP contribution in [0.4, 0.5) is 0 Å². The fourth-order valence-corrected chi connectivity index (χ4v) is 5.21. The van der Waals surface area contributed by atoms with Gasteiger partial charge < -0.3 is 19.9 Å². The zero-order valence-corrected chi connectivity index (χ0v) is 24.9. The Kier molecular flexibility index (Phi) is 12.5. The summed E-state index contributed by atoms with van der Waals surface area (Å²) in [5.41, 5.74) is 2.83. The number of carbonyl (C=O) groups is 1. The molecule has 3 aromatic carbocycles. The van der Waals surface area contributed by atoms with Gasteiger partial charge in [0.05, 0.1) is 24.0 Å². The lowest BCUT2D eigenvalue weighted by atomic mass is 10.0. The number of aliphatic hydroxyl groups excluding tert-OH is 1. The zero-order chi connectivity index (χ0) is 28.4. The van der Waals surface area contributed by atoms with Crippen molar-refractivity contribution in [3.05, 3.63) is 83.9 Å². The molecule has 10 heteroatoms. The maximum Gasteiger partial charge on any atom is 0.268 e. The molecule has 0 heterocycles. The van der Waals surface area contributed by atoms with Gasteiger partial charge in [0.2, 0.25) is 10.0 Å². The molecule has 1 amide bonds. The van der Waals surface area contributed by atoms with Crippen LogP contribution in [0.15, 0.2) is 72.8 Å². The summed E-state index contributed by atoms with van der Waals surface area (Å²) >= 11 is 0. The van der Waals surface area contributed by atoms with E-state index in [1.165, 1.54) is 12.8 Å². The molecule has 0 aliphatic heterocycles. The van der Waals surface area contributed by atoms with E-state index in [0.717, 1.165) is 48.6 Å². The molecule has 0 bridgehead atoms. The second-order valence-corrected chi connectivity index (χ2v) is 11.9. The fraction of sp³-hybridized carbons (Fsp3) is 0.387. The summed E-state index contributed by atoms with van der Waals surface area (Å²) in [6.45, 7) is 1.48. The number of aliphatic hydroxyl groups is 1. The molecule has 1 aliphatic carbocycles. The third-order valence-corrected chi connectivity index (χ3v) is 7.41. The number of amides is 1. The zero-order valence-electron chi connectivity index (χ0n) is 23.3. The predicted octanol–water partition coefficient (Wildman–Crippen LogP) is 5.27. The first-order valence-corrected chi connectivity index (χ1v) is 15.7. The van der Waals surface area contributed by atoms with Crippen LogP contribution in [0.2, 0.25) is 0 Å². The molecule has 41 heavy (non-hydrogen) atoms. The van der Waals surface area contributed by atoms with Gasteiger partial charge in [0, 0.05) is 13.1 Å². The number of ether oxygens (including phenoxy) is 2. The average molecular weight is 603 g/mol. The van der Waals surface area contributed by atoms with Crippen molar-refractivity contribution in [1.82, 2.24) is 10.0 Å². The van der Waals surface area contributed by atoms with Crippen LogP contribution in [-0.4, -0.2) is 51.5 Å². The molecule has 1 fully saturated rings. The van der Waals surface area contributed by atoms with Gasteiger partial charge in [-0.2, -0.15) is 0 Å². The van der Waals surface area contributed by atoms with E-state index >= 15 is 0 Å². The molecule has 0 unspecified atom stereocenters. The van der Waals surface area contributed by atoms with Crippen LogP contribution >= 0.6 is 12.4 Å². The second kappa shape index (κ2) is 15.8. The highest BCUT2D eigenvalue weighted by Gasteiger charge is 2.21. The lowest BCUT2D eigenvalue weighted by Gasteiger charge is -2.20. The highest BCUT2D eigenvalue weighted by atomic mass is 35.5. The molecule has 3 N–H and O–H groups in total. The third-order valence-electron chi connectivity index (χ3n) is 6.86. The Morgan fingerprint density at radius 3 is 2.27 bits per heavy atom. The summed E-state index contributed by atoms with van der Waals surface area (Å²) in [6, 6.07) is 22.4. The van der Waals surface area contributed by atoms with Gasteiger partial charge >= 0.3 is 0 Å². The molecule has 3 aromatic rings. The Morgan fingerprint density at radius 2 is 1.61 bits per heavy atom. The number of hydrogen-bond donors (Lipinski definition) is 3. The standard InChI is InChI=1S/C31H38N2O6S.ClH/c1-40(36,37)33-31(35)28-18-15-25(21-30(28)39-27-11-7-2-3-8-12-27)23-13-16-26(17-14-23)38-20-19-32-22-29(34)24-9-5-4-6-10-24;/h4-6,9-10,13-18,21,27,29,32,34H,2-3,7-8,11-12,19-20,22H2,1H3,(H,33,35);1H/t29-;/m1./s1. The first-order chi connectivity index (χ1) is 19.3. The van der Waals surface area contributed by atoms with Crippen LogP contribution in [0.25, 0.3) is 11.1 Å².